The van der Waals surface area contributed by atoms with Gasteiger partial charge in [0, 0.05) is 19.6 Å². The Morgan fingerprint density at radius 3 is 2.26 bits per heavy atom. The molecule has 0 saturated carbocycles. The maximum absolute atomic E-state index is 12.3. The summed E-state index contributed by atoms with van der Waals surface area (Å²) in [6.07, 6.45) is 14.7. The van der Waals surface area contributed by atoms with Gasteiger partial charge in [-0.1, -0.05) is 86.5 Å². The minimum absolute atomic E-state index is 0.0959. The van der Waals surface area contributed by atoms with E-state index in [0.29, 0.717) is 29.8 Å². The van der Waals surface area contributed by atoms with Gasteiger partial charge < -0.3 is 15.2 Å². The summed E-state index contributed by atoms with van der Waals surface area (Å²) in [6, 6.07) is 0. The second-order valence-corrected chi connectivity index (χ2v) is 12.2. The summed E-state index contributed by atoms with van der Waals surface area (Å²) in [5, 5.41) is 0. The van der Waals surface area contributed by atoms with Gasteiger partial charge in [0.05, 0.1) is 12.4 Å². The predicted molar refractivity (Wildman–Crippen MR) is 157 cm³/mol. The number of ether oxygens (including phenoxy) is 2. The first-order chi connectivity index (χ1) is 18.1. The van der Waals surface area contributed by atoms with Gasteiger partial charge in [0.1, 0.15) is 6.23 Å². The van der Waals surface area contributed by atoms with Gasteiger partial charge >= 0.3 is 0 Å². The van der Waals surface area contributed by atoms with Crippen LogP contribution in [-0.4, -0.2) is 39.3 Å². The van der Waals surface area contributed by atoms with Gasteiger partial charge in [0.2, 0.25) is 5.95 Å². The van der Waals surface area contributed by atoms with Crippen molar-refractivity contribution < 1.29 is 9.47 Å². The van der Waals surface area contributed by atoms with E-state index in [1.54, 1.807) is 6.33 Å². The lowest BCUT2D eigenvalue weighted by Crippen LogP contribution is -2.22. The minimum Gasteiger partial charge on any atom is -0.381 e. The summed E-state index contributed by atoms with van der Waals surface area (Å²) < 4.78 is 14.1. The number of nitrogens with one attached hydrogen (secondary N) is 1. The first-order valence-corrected chi connectivity index (χ1v) is 15.0. The molecule has 2 aromatic rings. The van der Waals surface area contributed by atoms with Crippen LogP contribution in [0.2, 0.25) is 0 Å². The van der Waals surface area contributed by atoms with Crippen LogP contribution in [-0.2, 0) is 9.47 Å². The van der Waals surface area contributed by atoms with Crippen LogP contribution >= 0.6 is 0 Å². The van der Waals surface area contributed by atoms with Gasteiger partial charge in [-0.25, -0.2) is 4.98 Å². The molecule has 0 aliphatic rings. The van der Waals surface area contributed by atoms with Gasteiger partial charge in [0.15, 0.2) is 11.2 Å². The molecule has 0 fully saturated rings. The number of anilines is 1. The molecule has 0 radical (unpaired) electrons. The summed E-state index contributed by atoms with van der Waals surface area (Å²) in [6.45, 7) is 14.3. The van der Waals surface area contributed by atoms with E-state index in [0.717, 1.165) is 43.9 Å². The predicted octanol–water partition coefficient (Wildman–Crippen LogP) is 7.11. The second kappa shape index (κ2) is 16.9. The van der Waals surface area contributed by atoms with Crippen LogP contribution < -0.4 is 11.3 Å². The number of imidazole rings is 1. The molecular formula is C30H55N5O3. The Labute approximate surface area is 230 Å². The monoisotopic (exact) mass is 533 g/mol. The van der Waals surface area contributed by atoms with E-state index in [4.69, 9.17) is 15.2 Å². The SMILES string of the molecule is COC(CCCCCCCOC([C@H](C)CCC(C)C)n1cnc2c(=O)[nH]c(N)nc21)C[C@H](C)CCC(C)C. The van der Waals surface area contributed by atoms with Gasteiger partial charge in [-0.3, -0.25) is 14.3 Å². The molecule has 0 saturated heterocycles. The molecule has 2 heterocycles. The number of fused-ring (bicyclic) bond motifs is 1. The first kappa shape index (κ1) is 32.3. The molecule has 8 heteroatoms. The summed E-state index contributed by atoms with van der Waals surface area (Å²) in [4.78, 5) is 23.5. The quantitative estimate of drug-likeness (QED) is 0.176. The van der Waals surface area contributed by atoms with Crippen LogP contribution in [0.1, 0.15) is 118 Å². The molecule has 8 nitrogen and oxygen atoms in total. The van der Waals surface area contributed by atoms with Crippen molar-refractivity contribution >= 4 is 17.1 Å². The van der Waals surface area contributed by atoms with E-state index >= 15 is 0 Å². The van der Waals surface area contributed by atoms with Crippen LogP contribution in [0.5, 0.6) is 0 Å². The van der Waals surface area contributed by atoms with Crippen LogP contribution in [0, 0.1) is 23.7 Å². The molecule has 218 valence electrons. The highest BCUT2D eigenvalue weighted by molar-refractivity contribution is 5.70. The van der Waals surface area contributed by atoms with Gasteiger partial charge in [-0.05, 0) is 43.4 Å². The van der Waals surface area contributed by atoms with Crippen LogP contribution in [0.15, 0.2) is 11.1 Å². The smallest absolute Gasteiger partial charge is 0.280 e. The Bertz CT molecular complexity index is 970. The van der Waals surface area contributed by atoms with Crippen LogP contribution in [0.25, 0.3) is 11.2 Å². The maximum atomic E-state index is 12.3. The molecule has 0 bridgehead atoms. The van der Waals surface area contributed by atoms with E-state index in [2.05, 4.69) is 56.5 Å². The van der Waals surface area contributed by atoms with Crippen LogP contribution in [0.4, 0.5) is 5.95 Å². The highest BCUT2D eigenvalue weighted by atomic mass is 16.5. The number of aromatic amines is 1. The largest absolute Gasteiger partial charge is 0.381 e. The highest BCUT2D eigenvalue weighted by Gasteiger charge is 2.24. The Hall–Kier alpha value is -1.93. The molecule has 38 heavy (non-hydrogen) atoms. The van der Waals surface area contributed by atoms with Crippen molar-refractivity contribution in [1.29, 1.82) is 0 Å². The van der Waals surface area contributed by atoms with Gasteiger partial charge in [-0.15, -0.1) is 0 Å². The third kappa shape index (κ3) is 11.0. The molecule has 0 aliphatic carbocycles. The lowest BCUT2D eigenvalue weighted by atomic mass is 9.92. The Kier molecular flexibility index (Phi) is 14.4. The first-order valence-electron chi connectivity index (χ1n) is 15.0. The van der Waals surface area contributed by atoms with Crippen molar-refractivity contribution in [3.05, 3.63) is 16.7 Å². The van der Waals surface area contributed by atoms with E-state index in [9.17, 15) is 4.79 Å². The summed E-state index contributed by atoms with van der Waals surface area (Å²) in [7, 11) is 1.86. The van der Waals surface area contributed by atoms with Gasteiger partial charge in [-0.2, -0.15) is 4.98 Å². The average Bonchev–Trinajstić information content (AvgIpc) is 3.28. The fraction of sp³-hybridized carbons (Fsp3) is 0.833. The molecule has 2 unspecified atom stereocenters. The third-order valence-electron chi connectivity index (χ3n) is 7.61. The number of nitrogens with zero attached hydrogens (tertiary/aromatic N) is 3. The van der Waals surface area contributed by atoms with E-state index in [-0.39, 0.29) is 23.7 Å². The van der Waals surface area contributed by atoms with Gasteiger partial charge in [0.25, 0.3) is 5.56 Å². The van der Waals surface area contributed by atoms with Crippen molar-refractivity contribution in [1.82, 2.24) is 19.5 Å². The highest BCUT2D eigenvalue weighted by Crippen LogP contribution is 2.28. The van der Waals surface area contributed by atoms with Crippen molar-refractivity contribution in [2.75, 3.05) is 19.5 Å². The average molecular weight is 534 g/mol. The number of H-pyrrole nitrogens is 1. The molecule has 2 rings (SSSR count). The summed E-state index contributed by atoms with van der Waals surface area (Å²) in [5.41, 5.74) is 6.29. The molecule has 2 aromatic heterocycles. The standard InChI is InChI=1S/C30H55N5O3/c1-21(2)14-16-23(5)19-25(37-7)13-11-9-8-10-12-18-38-29(24(6)17-15-22(3)4)35-20-32-26-27(35)33-30(31)34-28(26)36/h20-25,29H,8-19H2,1-7H3,(H3,31,33,34,36)/t23-,24-,25?,29?/m1/s1. The maximum Gasteiger partial charge on any atom is 0.280 e. The summed E-state index contributed by atoms with van der Waals surface area (Å²) >= 11 is 0. The molecule has 0 aliphatic heterocycles. The topological polar surface area (TPSA) is 108 Å². The lowest BCUT2D eigenvalue weighted by molar-refractivity contribution is -0.0372. The Balaban J connectivity index is 1.80. The van der Waals surface area contributed by atoms with E-state index in [1.165, 1.54) is 38.5 Å². The number of methoxy groups -OCH3 is 1. The fourth-order valence-electron chi connectivity index (χ4n) is 5.11. The number of rotatable bonds is 20. The number of unbranched alkanes of at least 4 members (excludes halogenated alkanes) is 4. The van der Waals surface area contributed by atoms with Crippen molar-refractivity contribution in [2.45, 2.75) is 125 Å². The number of nitrogens with two attached hydrogens (primary N) is 1. The fourth-order valence-corrected chi connectivity index (χ4v) is 5.11. The minimum atomic E-state index is -0.319. The van der Waals surface area contributed by atoms with Crippen molar-refractivity contribution in [2.24, 2.45) is 23.7 Å². The number of aromatic nitrogens is 4. The Morgan fingerprint density at radius 1 is 0.921 bits per heavy atom. The lowest BCUT2D eigenvalue weighted by Gasteiger charge is -2.26. The third-order valence-corrected chi connectivity index (χ3v) is 7.61. The number of hydrogen-bond acceptors (Lipinski definition) is 6. The Morgan fingerprint density at radius 2 is 1.58 bits per heavy atom. The second-order valence-electron chi connectivity index (χ2n) is 12.2. The summed E-state index contributed by atoms with van der Waals surface area (Å²) in [5.74, 6) is 2.48. The zero-order valence-corrected chi connectivity index (χ0v) is 25.2. The molecular weight excluding hydrogens is 478 g/mol. The van der Waals surface area contributed by atoms with E-state index in [1.807, 2.05) is 11.7 Å². The molecule has 0 amide bonds. The zero-order valence-electron chi connectivity index (χ0n) is 25.2. The van der Waals surface area contributed by atoms with Crippen molar-refractivity contribution in [3.63, 3.8) is 0 Å². The molecule has 0 spiro atoms. The molecule has 3 N–H and O–H groups in total. The van der Waals surface area contributed by atoms with E-state index < -0.39 is 0 Å². The zero-order chi connectivity index (χ0) is 28.1. The van der Waals surface area contributed by atoms with Crippen LogP contribution in [0.3, 0.4) is 0 Å². The normalized spacial score (nSPS) is 15.4. The molecule has 4 atom stereocenters. The number of nitrogen functional groups attached to an aromatic ring is 1. The molecule has 0 aromatic carbocycles. The van der Waals surface area contributed by atoms with Crippen molar-refractivity contribution in [3.8, 4) is 0 Å². The number of hydrogen-bond donors (Lipinski definition) is 2.